The van der Waals surface area contributed by atoms with Gasteiger partial charge in [-0.05, 0) is 25.5 Å². The monoisotopic (exact) mass is 253 g/mol. The van der Waals surface area contributed by atoms with E-state index in [1.54, 1.807) is 18.9 Å². The molecule has 1 N–H and O–H groups in total. The van der Waals surface area contributed by atoms with Gasteiger partial charge in [0.05, 0.1) is 11.9 Å². The predicted molar refractivity (Wildman–Crippen MR) is 71.1 cm³/mol. The number of hydrogen-bond donors (Lipinski definition) is 1. The Morgan fingerprint density at radius 2 is 2.06 bits per heavy atom. The molecule has 94 valence electrons. The number of carbonyl (C=O) groups is 1. The molecule has 0 bridgehead atoms. The van der Waals surface area contributed by atoms with Crippen molar-refractivity contribution in [3.63, 3.8) is 0 Å². The Hall–Kier alpha value is -1.00. The highest BCUT2D eigenvalue weighted by Crippen LogP contribution is 2.17. The standard InChI is InChI=1S/C13H19NO2S/c1-11(15)8-9-14(2)13(16)10-17-12-6-4-3-5-7-12/h3-7,11,15H,8-10H2,1-2H3. The van der Waals surface area contributed by atoms with E-state index in [2.05, 4.69) is 0 Å². The van der Waals surface area contributed by atoms with Gasteiger partial charge >= 0.3 is 0 Å². The fourth-order valence-electron chi connectivity index (χ4n) is 1.28. The lowest BCUT2D eigenvalue weighted by Crippen LogP contribution is -2.30. The van der Waals surface area contributed by atoms with E-state index in [1.165, 1.54) is 11.8 Å². The first kappa shape index (κ1) is 14.1. The van der Waals surface area contributed by atoms with Gasteiger partial charge in [0.25, 0.3) is 0 Å². The average molecular weight is 253 g/mol. The number of thioether (sulfide) groups is 1. The van der Waals surface area contributed by atoms with Crippen molar-refractivity contribution in [2.24, 2.45) is 0 Å². The van der Waals surface area contributed by atoms with E-state index in [0.717, 1.165) is 4.90 Å². The number of aliphatic hydroxyl groups excluding tert-OH is 1. The van der Waals surface area contributed by atoms with Crippen molar-refractivity contribution in [2.45, 2.75) is 24.3 Å². The van der Waals surface area contributed by atoms with Crippen LogP contribution in [0, 0.1) is 0 Å². The summed E-state index contributed by atoms with van der Waals surface area (Å²) in [6, 6.07) is 9.87. The molecule has 0 fully saturated rings. The molecule has 17 heavy (non-hydrogen) atoms. The predicted octanol–water partition coefficient (Wildman–Crippen LogP) is 2.01. The van der Waals surface area contributed by atoms with Gasteiger partial charge in [-0.15, -0.1) is 11.8 Å². The van der Waals surface area contributed by atoms with E-state index in [9.17, 15) is 4.79 Å². The Balaban J connectivity index is 2.29. The second kappa shape index (κ2) is 7.35. The topological polar surface area (TPSA) is 40.5 Å². The SMILES string of the molecule is CC(O)CCN(C)C(=O)CSc1ccccc1. The number of aliphatic hydroxyl groups is 1. The van der Waals surface area contributed by atoms with Crippen LogP contribution in [0.3, 0.4) is 0 Å². The van der Waals surface area contributed by atoms with E-state index < -0.39 is 0 Å². The van der Waals surface area contributed by atoms with Crippen LogP contribution in [-0.4, -0.2) is 41.4 Å². The Morgan fingerprint density at radius 3 is 2.65 bits per heavy atom. The smallest absolute Gasteiger partial charge is 0.232 e. The number of nitrogens with zero attached hydrogens (tertiary/aromatic N) is 1. The van der Waals surface area contributed by atoms with Gasteiger partial charge in [0.2, 0.25) is 5.91 Å². The van der Waals surface area contributed by atoms with Crippen molar-refractivity contribution in [2.75, 3.05) is 19.3 Å². The van der Waals surface area contributed by atoms with E-state index in [-0.39, 0.29) is 12.0 Å². The molecule has 0 radical (unpaired) electrons. The van der Waals surface area contributed by atoms with Crippen molar-refractivity contribution >= 4 is 17.7 Å². The minimum atomic E-state index is -0.355. The second-order valence-corrected chi connectivity index (χ2v) is 5.10. The maximum absolute atomic E-state index is 11.8. The minimum absolute atomic E-state index is 0.0968. The zero-order valence-electron chi connectivity index (χ0n) is 10.3. The number of benzene rings is 1. The fraction of sp³-hybridized carbons (Fsp3) is 0.462. The van der Waals surface area contributed by atoms with E-state index in [1.807, 2.05) is 30.3 Å². The molecular formula is C13H19NO2S. The van der Waals surface area contributed by atoms with E-state index >= 15 is 0 Å². The Labute approximate surface area is 107 Å². The summed E-state index contributed by atoms with van der Waals surface area (Å²) in [5, 5.41) is 9.15. The lowest BCUT2D eigenvalue weighted by molar-refractivity contribution is -0.127. The highest BCUT2D eigenvalue weighted by molar-refractivity contribution is 8.00. The summed E-state index contributed by atoms with van der Waals surface area (Å²) in [6.45, 7) is 2.34. The number of rotatable bonds is 6. The third-order valence-electron chi connectivity index (χ3n) is 2.41. The molecule has 0 heterocycles. The molecule has 1 unspecified atom stereocenters. The Bertz CT molecular complexity index is 341. The molecule has 1 amide bonds. The van der Waals surface area contributed by atoms with E-state index in [0.29, 0.717) is 18.7 Å². The molecule has 1 rings (SSSR count). The molecule has 3 nitrogen and oxygen atoms in total. The quantitative estimate of drug-likeness (QED) is 0.788. The zero-order chi connectivity index (χ0) is 12.7. The van der Waals surface area contributed by atoms with Crippen LogP contribution < -0.4 is 0 Å². The molecule has 4 heteroatoms. The molecule has 0 aliphatic carbocycles. The third kappa shape index (κ3) is 5.75. The summed E-state index contributed by atoms with van der Waals surface area (Å²) in [4.78, 5) is 14.5. The van der Waals surface area contributed by atoms with Gasteiger partial charge in [0.1, 0.15) is 0 Å². The summed E-state index contributed by atoms with van der Waals surface area (Å²) in [5.41, 5.74) is 0. The van der Waals surface area contributed by atoms with Crippen LogP contribution in [0.25, 0.3) is 0 Å². The molecular weight excluding hydrogens is 234 g/mol. The maximum atomic E-state index is 11.8. The Morgan fingerprint density at radius 1 is 1.41 bits per heavy atom. The van der Waals surface area contributed by atoms with E-state index in [4.69, 9.17) is 5.11 Å². The first-order valence-electron chi connectivity index (χ1n) is 5.69. The molecule has 1 aromatic rings. The van der Waals surface area contributed by atoms with Gasteiger partial charge in [-0.25, -0.2) is 0 Å². The van der Waals surface area contributed by atoms with Crippen molar-refractivity contribution in [1.29, 1.82) is 0 Å². The number of amides is 1. The molecule has 0 saturated heterocycles. The summed E-state index contributed by atoms with van der Waals surface area (Å²) < 4.78 is 0. The lowest BCUT2D eigenvalue weighted by atomic mass is 10.3. The van der Waals surface area contributed by atoms with Gasteiger partial charge in [0, 0.05) is 18.5 Å². The average Bonchev–Trinajstić information content (AvgIpc) is 2.34. The van der Waals surface area contributed by atoms with Crippen molar-refractivity contribution < 1.29 is 9.90 Å². The molecule has 1 aromatic carbocycles. The van der Waals surface area contributed by atoms with Crippen LogP contribution in [0.2, 0.25) is 0 Å². The van der Waals surface area contributed by atoms with Crippen molar-refractivity contribution in [3.05, 3.63) is 30.3 Å². The van der Waals surface area contributed by atoms with Gasteiger partial charge in [-0.1, -0.05) is 18.2 Å². The highest BCUT2D eigenvalue weighted by Gasteiger charge is 2.09. The highest BCUT2D eigenvalue weighted by atomic mass is 32.2. The molecule has 0 aliphatic rings. The summed E-state index contributed by atoms with van der Waals surface area (Å²) in [7, 11) is 1.77. The largest absolute Gasteiger partial charge is 0.393 e. The van der Waals surface area contributed by atoms with Crippen LogP contribution in [0.15, 0.2) is 35.2 Å². The number of hydrogen-bond acceptors (Lipinski definition) is 3. The van der Waals surface area contributed by atoms with Crippen LogP contribution in [0.5, 0.6) is 0 Å². The Kier molecular flexibility index (Phi) is 6.08. The third-order valence-corrected chi connectivity index (χ3v) is 3.41. The summed E-state index contributed by atoms with van der Waals surface area (Å²) in [5.74, 6) is 0.542. The number of carbonyl (C=O) groups excluding carboxylic acids is 1. The zero-order valence-corrected chi connectivity index (χ0v) is 11.1. The van der Waals surface area contributed by atoms with Crippen molar-refractivity contribution in [1.82, 2.24) is 4.90 Å². The fourth-order valence-corrected chi connectivity index (χ4v) is 2.14. The normalized spacial score (nSPS) is 12.2. The molecule has 0 spiro atoms. The summed E-state index contributed by atoms with van der Waals surface area (Å²) in [6.07, 6.45) is 0.269. The first-order chi connectivity index (χ1) is 8.09. The van der Waals surface area contributed by atoms with Crippen LogP contribution in [0.1, 0.15) is 13.3 Å². The van der Waals surface area contributed by atoms with Crippen LogP contribution in [0.4, 0.5) is 0 Å². The molecule has 1 atom stereocenters. The second-order valence-electron chi connectivity index (χ2n) is 4.05. The van der Waals surface area contributed by atoms with Gasteiger partial charge in [-0.3, -0.25) is 4.79 Å². The van der Waals surface area contributed by atoms with Crippen LogP contribution >= 0.6 is 11.8 Å². The van der Waals surface area contributed by atoms with Gasteiger partial charge < -0.3 is 10.0 Å². The summed E-state index contributed by atoms with van der Waals surface area (Å²) >= 11 is 1.54. The van der Waals surface area contributed by atoms with Crippen LogP contribution in [-0.2, 0) is 4.79 Å². The minimum Gasteiger partial charge on any atom is -0.393 e. The lowest BCUT2D eigenvalue weighted by Gasteiger charge is -2.17. The first-order valence-corrected chi connectivity index (χ1v) is 6.68. The van der Waals surface area contributed by atoms with Gasteiger partial charge in [0.15, 0.2) is 0 Å². The maximum Gasteiger partial charge on any atom is 0.232 e. The molecule has 0 aliphatic heterocycles. The van der Waals surface area contributed by atoms with Gasteiger partial charge in [-0.2, -0.15) is 0 Å². The van der Waals surface area contributed by atoms with Crippen molar-refractivity contribution in [3.8, 4) is 0 Å². The molecule has 0 saturated carbocycles. The molecule has 0 aromatic heterocycles.